The van der Waals surface area contributed by atoms with Gasteiger partial charge in [0.15, 0.2) is 0 Å². The summed E-state index contributed by atoms with van der Waals surface area (Å²) in [5.41, 5.74) is -0.0880. The second kappa shape index (κ2) is 4.35. The summed E-state index contributed by atoms with van der Waals surface area (Å²) >= 11 is 1.37. The number of amides is 1. The second-order valence-corrected chi connectivity index (χ2v) is 6.19. The summed E-state index contributed by atoms with van der Waals surface area (Å²) in [7, 11) is 0. The van der Waals surface area contributed by atoms with Crippen LogP contribution < -0.4 is 0 Å². The normalized spacial score (nSPS) is 23.4. The number of aliphatic carboxylic acids is 1. The molecular weight excluding hydrogens is 252 g/mol. The van der Waals surface area contributed by atoms with Gasteiger partial charge in [-0.1, -0.05) is 0 Å². The van der Waals surface area contributed by atoms with Gasteiger partial charge in [0.25, 0.3) is 5.91 Å². The van der Waals surface area contributed by atoms with E-state index in [1.165, 1.54) is 11.3 Å². The van der Waals surface area contributed by atoms with E-state index in [4.69, 9.17) is 5.11 Å². The zero-order chi connectivity index (χ0) is 13.5. The van der Waals surface area contributed by atoms with Crippen molar-refractivity contribution in [2.24, 2.45) is 5.41 Å². The number of hydrogen-bond acceptors (Lipinski definition) is 4. The number of carboxylic acids is 1. The Morgan fingerprint density at radius 3 is 2.56 bits per heavy atom. The number of carbonyl (C=O) groups is 2. The van der Waals surface area contributed by atoms with E-state index in [1.807, 2.05) is 13.8 Å². The van der Waals surface area contributed by atoms with Crippen molar-refractivity contribution in [3.05, 3.63) is 15.6 Å². The van der Waals surface area contributed by atoms with Crippen LogP contribution in [-0.2, 0) is 4.79 Å². The highest BCUT2D eigenvalue weighted by molar-refractivity contribution is 7.13. The van der Waals surface area contributed by atoms with E-state index < -0.39 is 11.4 Å². The quantitative estimate of drug-likeness (QED) is 0.886. The maximum atomic E-state index is 12.3. The third kappa shape index (κ3) is 2.12. The largest absolute Gasteiger partial charge is 0.481 e. The van der Waals surface area contributed by atoms with Crippen molar-refractivity contribution < 1.29 is 14.7 Å². The van der Waals surface area contributed by atoms with E-state index in [0.717, 1.165) is 10.7 Å². The summed E-state index contributed by atoms with van der Waals surface area (Å²) in [6.45, 7) is 6.13. The predicted octanol–water partition coefficient (Wildman–Crippen LogP) is 1.70. The molecule has 1 aliphatic rings. The first kappa shape index (κ1) is 13.0. The third-order valence-electron chi connectivity index (χ3n) is 3.37. The van der Waals surface area contributed by atoms with Gasteiger partial charge in [-0.3, -0.25) is 9.59 Å². The van der Waals surface area contributed by atoms with E-state index in [2.05, 4.69) is 4.98 Å². The zero-order valence-electron chi connectivity index (χ0n) is 10.7. The van der Waals surface area contributed by atoms with Gasteiger partial charge in [0.05, 0.1) is 16.1 Å². The molecule has 0 bridgehead atoms. The van der Waals surface area contributed by atoms with Crippen molar-refractivity contribution in [1.82, 2.24) is 9.88 Å². The lowest BCUT2D eigenvalue weighted by molar-refractivity contribution is -0.147. The van der Waals surface area contributed by atoms with Crippen molar-refractivity contribution >= 4 is 23.2 Å². The molecule has 0 spiro atoms. The molecule has 0 aliphatic carbocycles. The fourth-order valence-electron chi connectivity index (χ4n) is 2.18. The fraction of sp³-hybridized carbons (Fsp3) is 0.583. The molecule has 1 aromatic heterocycles. The summed E-state index contributed by atoms with van der Waals surface area (Å²) in [6, 6.07) is 0. The third-order valence-corrected chi connectivity index (χ3v) is 4.44. The van der Waals surface area contributed by atoms with Crippen LogP contribution in [0.25, 0.3) is 0 Å². The van der Waals surface area contributed by atoms with Gasteiger partial charge in [-0.15, -0.1) is 11.3 Å². The number of carbonyl (C=O) groups excluding carboxylic acids is 1. The first-order chi connectivity index (χ1) is 8.33. The molecule has 2 rings (SSSR count). The van der Waals surface area contributed by atoms with E-state index in [9.17, 15) is 9.59 Å². The van der Waals surface area contributed by atoms with E-state index in [1.54, 1.807) is 11.8 Å². The lowest BCUT2D eigenvalue weighted by Crippen LogP contribution is -2.34. The minimum Gasteiger partial charge on any atom is -0.481 e. The molecule has 18 heavy (non-hydrogen) atoms. The van der Waals surface area contributed by atoms with Crippen molar-refractivity contribution in [1.29, 1.82) is 0 Å². The highest BCUT2D eigenvalue weighted by Crippen LogP contribution is 2.32. The van der Waals surface area contributed by atoms with Crippen LogP contribution in [0.3, 0.4) is 0 Å². The number of carboxylic acid groups (broad SMARTS) is 1. The molecule has 98 valence electrons. The lowest BCUT2D eigenvalue weighted by atomic mass is 9.90. The topological polar surface area (TPSA) is 70.5 Å². The molecule has 0 saturated carbocycles. The van der Waals surface area contributed by atoms with Crippen LogP contribution >= 0.6 is 11.3 Å². The molecule has 5 nitrogen and oxygen atoms in total. The molecule has 1 aromatic rings. The lowest BCUT2D eigenvalue weighted by Gasteiger charge is -2.19. The molecule has 1 amide bonds. The maximum Gasteiger partial charge on any atom is 0.311 e. The molecule has 1 aliphatic heterocycles. The minimum atomic E-state index is -0.838. The van der Waals surface area contributed by atoms with Crippen LogP contribution in [0.5, 0.6) is 0 Å². The molecule has 1 fully saturated rings. The molecule has 0 unspecified atom stereocenters. The van der Waals surface area contributed by atoms with Gasteiger partial charge in [0, 0.05) is 13.1 Å². The van der Waals surface area contributed by atoms with Crippen LogP contribution in [0, 0.1) is 19.3 Å². The number of nitrogens with zero attached hydrogens (tertiary/aromatic N) is 2. The van der Waals surface area contributed by atoms with Crippen LogP contribution in [0.4, 0.5) is 0 Å². The Bertz CT molecular complexity index is 511. The summed E-state index contributed by atoms with van der Waals surface area (Å²) in [4.78, 5) is 29.9. The Hall–Kier alpha value is -1.43. The smallest absolute Gasteiger partial charge is 0.311 e. The summed E-state index contributed by atoms with van der Waals surface area (Å²) < 4.78 is 0. The van der Waals surface area contributed by atoms with Gasteiger partial charge < -0.3 is 10.0 Å². The summed E-state index contributed by atoms with van der Waals surface area (Å²) in [5.74, 6) is -0.932. The molecular formula is C12H16N2O3S. The van der Waals surface area contributed by atoms with Gasteiger partial charge >= 0.3 is 5.97 Å². The van der Waals surface area contributed by atoms with Gasteiger partial charge in [0.2, 0.25) is 0 Å². The standard InChI is InChI=1S/C12H16N2O3S/c1-7-9(18-8(2)13-7)10(15)14-5-4-12(3,6-14)11(16)17/h4-6H2,1-3H3,(H,16,17)/t12-/m0/s1. The average Bonchev–Trinajstić information content (AvgIpc) is 2.82. The van der Waals surface area contributed by atoms with Gasteiger partial charge in [-0.05, 0) is 27.2 Å². The Kier molecular flexibility index (Phi) is 3.14. The van der Waals surface area contributed by atoms with Crippen LogP contribution in [0.1, 0.15) is 33.7 Å². The van der Waals surface area contributed by atoms with Crippen LogP contribution in [0.2, 0.25) is 0 Å². The van der Waals surface area contributed by atoms with E-state index in [-0.39, 0.29) is 12.5 Å². The maximum absolute atomic E-state index is 12.3. The molecule has 0 radical (unpaired) electrons. The van der Waals surface area contributed by atoms with Crippen molar-refractivity contribution in [2.75, 3.05) is 13.1 Å². The first-order valence-corrected chi connectivity index (χ1v) is 6.62. The Morgan fingerprint density at radius 1 is 1.44 bits per heavy atom. The van der Waals surface area contributed by atoms with Crippen LogP contribution in [-0.4, -0.2) is 40.0 Å². The van der Waals surface area contributed by atoms with Gasteiger partial charge in [-0.25, -0.2) is 4.98 Å². The highest BCUT2D eigenvalue weighted by Gasteiger charge is 2.42. The second-order valence-electron chi connectivity index (χ2n) is 4.99. The number of aromatic nitrogens is 1. The number of hydrogen-bond donors (Lipinski definition) is 1. The summed E-state index contributed by atoms with van der Waals surface area (Å²) in [6.07, 6.45) is 0.505. The SMILES string of the molecule is Cc1nc(C)c(C(=O)N2CC[C@](C)(C(=O)O)C2)s1. The Morgan fingerprint density at radius 2 is 2.11 bits per heavy atom. The molecule has 1 atom stereocenters. The number of likely N-dealkylation sites (tertiary alicyclic amines) is 1. The first-order valence-electron chi connectivity index (χ1n) is 5.80. The van der Waals surface area contributed by atoms with Crippen molar-refractivity contribution in [3.8, 4) is 0 Å². The van der Waals surface area contributed by atoms with E-state index in [0.29, 0.717) is 17.8 Å². The van der Waals surface area contributed by atoms with E-state index >= 15 is 0 Å². The molecule has 1 saturated heterocycles. The van der Waals surface area contributed by atoms with Gasteiger partial charge in [0.1, 0.15) is 4.88 Å². The highest BCUT2D eigenvalue weighted by atomic mass is 32.1. The number of thiazole rings is 1. The molecule has 1 N–H and O–H groups in total. The Balaban J connectivity index is 2.18. The average molecular weight is 268 g/mol. The molecule has 0 aromatic carbocycles. The summed E-state index contributed by atoms with van der Waals surface area (Å²) in [5, 5.41) is 10.0. The van der Waals surface area contributed by atoms with Crippen LogP contribution in [0.15, 0.2) is 0 Å². The predicted molar refractivity (Wildman–Crippen MR) is 67.9 cm³/mol. The van der Waals surface area contributed by atoms with Crippen molar-refractivity contribution in [2.45, 2.75) is 27.2 Å². The monoisotopic (exact) mass is 268 g/mol. The minimum absolute atomic E-state index is 0.0944. The number of rotatable bonds is 2. The zero-order valence-corrected chi connectivity index (χ0v) is 11.5. The van der Waals surface area contributed by atoms with Gasteiger partial charge in [-0.2, -0.15) is 0 Å². The number of aryl methyl sites for hydroxylation is 2. The molecule has 6 heteroatoms. The molecule has 2 heterocycles. The fourth-order valence-corrected chi connectivity index (χ4v) is 3.07. The van der Waals surface area contributed by atoms with Crippen molar-refractivity contribution in [3.63, 3.8) is 0 Å². The Labute approximate surface area is 109 Å².